The molecule has 0 spiro atoms. The van der Waals surface area contributed by atoms with Crippen LogP contribution < -0.4 is 9.47 Å². The highest BCUT2D eigenvalue weighted by Gasteiger charge is 2.40. The summed E-state index contributed by atoms with van der Waals surface area (Å²) in [7, 11) is 3.27. The smallest absolute Gasteiger partial charge is 0.410 e. The van der Waals surface area contributed by atoms with Crippen LogP contribution in [0.2, 0.25) is 0 Å². The van der Waals surface area contributed by atoms with Crippen LogP contribution >= 0.6 is 0 Å². The van der Waals surface area contributed by atoms with Crippen molar-refractivity contribution in [2.75, 3.05) is 27.4 Å². The van der Waals surface area contributed by atoms with Crippen LogP contribution in [0, 0.1) is 5.92 Å². The van der Waals surface area contributed by atoms with E-state index in [1.807, 2.05) is 17.0 Å². The second kappa shape index (κ2) is 4.89. The van der Waals surface area contributed by atoms with Gasteiger partial charge in [-0.3, -0.25) is 0 Å². The third kappa shape index (κ3) is 1.88. The second-order valence-electron chi connectivity index (χ2n) is 5.35. The lowest BCUT2D eigenvalue weighted by Gasteiger charge is -2.43. The van der Waals surface area contributed by atoms with Crippen molar-refractivity contribution in [1.82, 2.24) is 4.90 Å². The molecule has 1 aromatic carbocycles. The van der Waals surface area contributed by atoms with E-state index < -0.39 is 0 Å². The Balaban J connectivity index is 2.08. The van der Waals surface area contributed by atoms with Crippen LogP contribution in [-0.4, -0.2) is 38.4 Å². The van der Waals surface area contributed by atoms with Gasteiger partial charge < -0.3 is 19.1 Å². The van der Waals surface area contributed by atoms with E-state index in [1.54, 1.807) is 14.2 Å². The molecule has 0 bridgehead atoms. The van der Waals surface area contributed by atoms with E-state index >= 15 is 0 Å². The van der Waals surface area contributed by atoms with Gasteiger partial charge in [-0.1, -0.05) is 6.92 Å². The van der Waals surface area contributed by atoms with Crippen LogP contribution in [0.5, 0.6) is 11.5 Å². The van der Waals surface area contributed by atoms with Crippen molar-refractivity contribution in [3.63, 3.8) is 0 Å². The molecule has 2 heterocycles. The van der Waals surface area contributed by atoms with E-state index in [9.17, 15) is 4.79 Å². The zero-order valence-corrected chi connectivity index (χ0v) is 12.0. The average Bonchev–Trinajstić information content (AvgIpc) is 2.48. The number of methoxy groups -OCH3 is 2. The molecule has 1 fully saturated rings. The number of nitrogens with zero attached hydrogens (tertiary/aromatic N) is 1. The molecule has 0 saturated carbocycles. The zero-order valence-electron chi connectivity index (χ0n) is 12.0. The fourth-order valence-corrected chi connectivity index (χ4v) is 3.17. The molecular weight excluding hydrogens is 258 g/mol. The van der Waals surface area contributed by atoms with Gasteiger partial charge in [0.05, 0.1) is 26.9 Å². The van der Waals surface area contributed by atoms with Gasteiger partial charge in [-0.05, 0) is 29.7 Å². The minimum absolute atomic E-state index is 0.0693. The topological polar surface area (TPSA) is 48.0 Å². The molecule has 5 nitrogen and oxygen atoms in total. The summed E-state index contributed by atoms with van der Waals surface area (Å²) in [6.07, 6.45) is 0.599. The van der Waals surface area contributed by atoms with Gasteiger partial charge in [0.25, 0.3) is 0 Å². The molecular formula is C15H19NO4. The highest BCUT2D eigenvalue weighted by atomic mass is 16.6. The van der Waals surface area contributed by atoms with E-state index in [1.165, 1.54) is 5.56 Å². The lowest BCUT2D eigenvalue weighted by Crippen LogP contribution is -2.48. The number of fused-ring (bicyclic) bond motifs is 3. The van der Waals surface area contributed by atoms with Crippen LogP contribution in [0.4, 0.5) is 4.79 Å². The molecule has 0 radical (unpaired) electrons. The maximum absolute atomic E-state index is 11.9. The van der Waals surface area contributed by atoms with Gasteiger partial charge in [-0.25, -0.2) is 4.79 Å². The summed E-state index contributed by atoms with van der Waals surface area (Å²) in [6, 6.07) is 4.10. The third-order valence-electron chi connectivity index (χ3n) is 4.17. The predicted molar refractivity (Wildman–Crippen MR) is 73.2 cm³/mol. The highest BCUT2D eigenvalue weighted by Crippen LogP contribution is 2.42. The lowest BCUT2D eigenvalue weighted by atomic mass is 9.85. The number of carbonyl (C=O) groups excluding carboxylic acids is 1. The number of rotatable bonds is 2. The number of hydrogen-bond acceptors (Lipinski definition) is 4. The van der Waals surface area contributed by atoms with Gasteiger partial charge in [0.2, 0.25) is 0 Å². The first kappa shape index (κ1) is 13.1. The maximum atomic E-state index is 11.9. The van der Waals surface area contributed by atoms with Crippen molar-refractivity contribution in [1.29, 1.82) is 0 Å². The summed E-state index contributed by atoms with van der Waals surface area (Å²) in [5.74, 6) is 1.72. The molecule has 108 valence electrons. The summed E-state index contributed by atoms with van der Waals surface area (Å²) in [5.41, 5.74) is 2.38. The number of hydrogen-bond donors (Lipinski definition) is 0. The van der Waals surface area contributed by atoms with Crippen LogP contribution in [0.15, 0.2) is 12.1 Å². The monoisotopic (exact) mass is 277 g/mol. The molecule has 0 N–H and O–H groups in total. The Kier molecular flexibility index (Phi) is 3.20. The molecule has 1 amide bonds. The number of carbonyl (C=O) groups is 1. The standard InChI is InChI=1S/C15H19NO4/c1-9-8-20-15(17)16-5-4-10-6-12(18-2)13(19-3)7-11(10)14(9)16/h6-7,9,14H,4-5,8H2,1-3H3/t9-,14-/m1/s1. The van der Waals surface area contributed by atoms with Gasteiger partial charge in [0.15, 0.2) is 11.5 Å². The summed E-state index contributed by atoms with van der Waals surface area (Å²) in [4.78, 5) is 13.7. The number of benzene rings is 1. The number of amides is 1. The minimum atomic E-state index is -0.214. The van der Waals surface area contributed by atoms with Crippen LogP contribution in [-0.2, 0) is 11.2 Å². The summed E-state index contributed by atoms with van der Waals surface area (Å²) in [6.45, 7) is 3.26. The fraction of sp³-hybridized carbons (Fsp3) is 0.533. The summed E-state index contributed by atoms with van der Waals surface area (Å²) >= 11 is 0. The Morgan fingerprint density at radius 2 is 1.95 bits per heavy atom. The first-order chi connectivity index (χ1) is 9.65. The van der Waals surface area contributed by atoms with E-state index in [-0.39, 0.29) is 18.1 Å². The van der Waals surface area contributed by atoms with Gasteiger partial charge in [-0.2, -0.15) is 0 Å². The van der Waals surface area contributed by atoms with Crippen molar-refractivity contribution in [2.45, 2.75) is 19.4 Å². The summed E-state index contributed by atoms with van der Waals surface area (Å²) in [5, 5.41) is 0. The molecule has 2 aliphatic rings. The highest BCUT2D eigenvalue weighted by molar-refractivity contribution is 5.70. The Morgan fingerprint density at radius 1 is 1.25 bits per heavy atom. The molecule has 1 aromatic rings. The van der Waals surface area contributed by atoms with Crippen molar-refractivity contribution < 1.29 is 19.0 Å². The molecule has 2 aliphatic heterocycles. The average molecular weight is 277 g/mol. The normalized spacial score (nSPS) is 24.6. The van der Waals surface area contributed by atoms with E-state index in [0.717, 1.165) is 17.7 Å². The predicted octanol–water partition coefficient (Wildman–Crippen LogP) is 2.39. The molecule has 0 aliphatic carbocycles. The second-order valence-corrected chi connectivity index (χ2v) is 5.35. The Labute approximate surface area is 118 Å². The quantitative estimate of drug-likeness (QED) is 0.832. The Bertz CT molecular complexity index is 543. The van der Waals surface area contributed by atoms with Crippen molar-refractivity contribution in [3.05, 3.63) is 23.3 Å². The first-order valence-electron chi connectivity index (χ1n) is 6.84. The Morgan fingerprint density at radius 3 is 2.65 bits per heavy atom. The number of ether oxygens (including phenoxy) is 3. The fourth-order valence-electron chi connectivity index (χ4n) is 3.17. The van der Waals surface area contributed by atoms with Gasteiger partial charge in [0.1, 0.15) is 0 Å². The van der Waals surface area contributed by atoms with Crippen LogP contribution in [0.3, 0.4) is 0 Å². The van der Waals surface area contributed by atoms with E-state index in [0.29, 0.717) is 18.9 Å². The minimum Gasteiger partial charge on any atom is -0.493 e. The van der Waals surface area contributed by atoms with Crippen molar-refractivity contribution in [3.8, 4) is 11.5 Å². The zero-order chi connectivity index (χ0) is 14.3. The van der Waals surface area contributed by atoms with Crippen molar-refractivity contribution in [2.24, 2.45) is 5.92 Å². The molecule has 1 saturated heterocycles. The molecule has 5 heteroatoms. The third-order valence-corrected chi connectivity index (χ3v) is 4.17. The first-order valence-corrected chi connectivity index (χ1v) is 6.84. The van der Waals surface area contributed by atoms with Gasteiger partial charge >= 0.3 is 6.09 Å². The van der Waals surface area contributed by atoms with E-state index in [4.69, 9.17) is 14.2 Å². The Hall–Kier alpha value is -1.91. The molecule has 0 aromatic heterocycles. The molecule has 2 atom stereocenters. The maximum Gasteiger partial charge on any atom is 0.410 e. The van der Waals surface area contributed by atoms with Crippen LogP contribution in [0.25, 0.3) is 0 Å². The number of cyclic esters (lactones) is 1. The molecule has 20 heavy (non-hydrogen) atoms. The van der Waals surface area contributed by atoms with Gasteiger partial charge in [0, 0.05) is 12.5 Å². The van der Waals surface area contributed by atoms with Gasteiger partial charge in [-0.15, -0.1) is 0 Å². The lowest BCUT2D eigenvalue weighted by molar-refractivity contribution is 0.00823. The van der Waals surface area contributed by atoms with Crippen LogP contribution in [0.1, 0.15) is 24.1 Å². The molecule has 0 unspecified atom stereocenters. The molecule has 3 rings (SSSR count). The largest absolute Gasteiger partial charge is 0.493 e. The summed E-state index contributed by atoms with van der Waals surface area (Å²) < 4.78 is 15.9. The van der Waals surface area contributed by atoms with Crippen molar-refractivity contribution >= 4 is 6.09 Å². The van der Waals surface area contributed by atoms with E-state index in [2.05, 4.69) is 6.92 Å². The SMILES string of the molecule is COc1cc2c(cc1OC)[C@H]1[C@H](C)COC(=O)N1CC2.